The topological polar surface area (TPSA) is 41.5 Å². The third kappa shape index (κ3) is 2.06. The Bertz CT molecular complexity index is 468. The van der Waals surface area contributed by atoms with Crippen molar-refractivity contribution in [3.63, 3.8) is 0 Å². The first kappa shape index (κ1) is 12.1. The van der Waals surface area contributed by atoms with Crippen molar-refractivity contribution < 1.29 is 4.74 Å². The second-order valence-electron chi connectivity index (χ2n) is 5.03. The summed E-state index contributed by atoms with van der Waals surface area (Å²) in [5.41, 5.74) is 2.28. The third-order valence-electron chi connectivity index (χ3n) is 3.53. The molecule has 0 N–H and O–H groups in total. The first-order valence-corrected chi connectivity index (χ1v) is 6.61. The van der Waals surface area contributed by atoms with Gasteiger partial charge in [-0.3, -0.25) is 4.90 Å². The summed E-state index contributed by atoms with van der Waals surface area (Å²) in [4.78, 5) is 13.3. The number of fused-ring (bicyclic) bond motifs is 1. The van der Waals surface area contributed by atoms with Crippen LogP contribution in [0.2, 0.25) is 5.28 Å². The van der Waals surface area contributed by atoms with E-state index in [-0.39, 0.29) is 0 Å². The van der Waals surface area contributed by atoms with E-state index < -0.39 is 0 Å². The summed E-state index contributed by atoms with van der Waals surface area (Å²) in [5, 5.41) is 0.345. The summed E-state index contributed by atoms with van der Waals surface area (Å²) in [6.07, 6.45) is 0. The molecule has 1 atom stereocenters. The zero-order valence-electron chi connectivity index (χ0n) is 10.7. The summed E-state index contributed by atoms with van der Waals surface area (Å²) >= 11 is 6.04. The lowest BCUT2D eigenvalue weighted by molar-refractivity contribution is 0.0984. The van der Waals surface area contributed by atoms with Crippen molar-refractivity contribution in [2.75, 3.05) is 31.7 Å². The van der Waals surface area contributed by atoms with Gasteiger partial charge in [-0.15, -0.1) is 0 Å². The van der Waals surface area contributed by atoms with Crippen LogP contribution in [0.3, 0.4) is 0 Å². The zero-order valence-corrected chi connectivity index (χ0v) is 11.4. The van der Waals surface area contributed by atoms with Crippen LogP contribution in [0.1, 0.15) is 18.2 Å². The highest BCUT2D eigenvalue weighted by atomic mass is 35.5. The van der Waals surface area contributed by atoms with Gasteiger partial charge in [0.05, 0.1) is 24.9 Å². The van der Waals surface area contributed by atoms with Crippen molar-refractivity contribution in [2.45, 2.75) is 26.1 Å². The number of ether oxygens (including phenoxy) is 1. The molecule has 1 aromatic rings. The number of nitrogens with zero attached hydrogens (tertiary/aromatic N) is 4. The minimum absolute atomic E-state index is 0.333. The Morgan fingerprint density at radius 2 is 2.17 bits per heavy atom. The Kier molecular flexibility index (Phi) is 3.13. The van der Waals surface area contributed by atoms with Crippen LogP contribution in [0, 0.1) is 0 Å². The number of hydrogen-bond acceptors (Lipinski definition) is 5. The van der Waals surface area contributed by atoms with Crippen molar-refractivity contribution in [1.29, 1.82) is 0 Å². The molecule has 1 saturated heterocycles. The van der Waals surface area contributed by atoms with Crippen LogP contribution >= 0.6 is 11.6 Å². The van der Waals surface area contributed by atoms with Gasteiger partial charge in [-0.1, -0.05) is 0 Å². The predicted molar refractivity (Wildman–Crippen MR) is 69.8 cm³/mol. The van der Waals surface area contributed by atoms with Gasteiger partial charge in [0.15, 0.2) is 0 Å². The monoisotopic (exact) mass is 268 g/mol. The second-order valence-corrected chi connectivity index (χ2v) is 5.37. The molecule has 1 aromatic heterocycles. The van der Waals surface area contributed by atoms with E-state index in [1.54, 1.807) is 0 Å². The smallest absolute Gasteiger partial charge is 0.224 e. The fourth-order valence-electron chi connectivity index (χ4n) is 2.64. The van der Waals surface area contributed by atoms with E-state index in [9.17, 15) is 0 Å². The molecule has 3 heterocycles. The molecule has 0 radical (unpaired) electrons. The number of aromatic nitrogens is 2. The lowest BCUT2D eigenvalue weighted by Gasteiger charge is -2.35. The molecular formula is C12H17ClN4O. The van der Waals surface area contributed by atoms with Gasteiger partial charge in [-0.05, 0) is 25.6 Å². The maximum absolute atomic E-state index is 6.04. The molecule has 2 aliphatic heterocycles. The van der Waals surface area contributed by atoms with E-state index in [4.69, 9.17) is 16.3 Å². The van der Waals surface area contributed by atoms with Crippen molar-refractivity contribution in [3.8, 4) is 0 Å². The highest BCUT2D eigenvalue weighted by Gasteiger charge is 2.28. The highest BCUT2D eigenvalue weighted by molar-refractivity contribution is 6.28. The van der Waals surface area contributed by atoms with E-state index >= 15 is 0 Å². The minimum atomic E-state index is 0.333. The first-order chi connectivity index (χ1) is 8.65. The Morgan fingerprint density at radius 3 is 2.94 bits per heavy atom. The summed E-state index contributed by atoms with van der Waals surface area (Å²) in [7, 11) is 2.09. The fourth-order valence-corrected chi connectivity index (χ4v) is 2.82. The second kappa shape index (κ2) is 4.64. The van der Waals surface area contributed by atoms with Crippen molar-refractivity contribution in [3.05, 3.63) is 16.5 Å². The molecule has 1 fully saturated rings. The van der Waals surface area contributed by atoms with Crippen LogP contribution in [0.15, 0.2) is 0 Å². The van der Waals surface area contributed by atoms with Gasteiger partial charge < -0.3 is 9.64 Å². The van der Waals surface area contributed by atoms with Crippen LogP contribution in [-0.4, -0.2) is 47.7 Å². The number of halogens is 1. The molecular weight excluding hydrogens is 252 g/mol. The fraction of sp³-hybridized carbons (Fsp3) is 0.667. The van der Waals surface area contributed by atoms with E-state index in [2.05, 4.69) is 33.7 Å². The molecule has 6 heteroatoms. The maximum atomic E-state index is 6.04. The normalized spacial score (nSPS) is 24.4. The van der Waals surface area contributed by atoms with Gasteiger partial charge >= 0.3 is 0 Å². The van der Waals surface area contributed by atoms with Crippen LogP contribution in [0.5, 0.6) is 0 Å². The molecule has 98 valence electrons. The third-order valence-corrected chi connectivity index (χ3v) is 3.70. The Labute approximate surface area is 112 Å². The molecule has 0 amide bonds. The number of anilines is 1. The summed E-state index contributed by atoms with van der Waals surface area (Å²) in [6, 6.07) is 0.333. The van der Waals surface area contributed by atoms with Crippen LogP contribution in [0.25, 0.3) is 0 Å². The summed E-state index contributed by atoms with van der Waals surface area (Å²) in [6.45, 7) is 6.25. The van der Waals surface area contributed by atoms with E-state index in [0.717, 1.165) is 44.4 Å². The quantitative estimate of drug-likeness (QED) is 0.718. The molecule has 0 saturated carbocycles. The SMILES string of the molecule is CC1COCCN1c1nc(Cl)nc2c1CN(C)C2. The van der Waals surface area contributed by atoms with Crippen LogP contribution in [0.4, 0.5) is 5.82 Å². The average molecular weight is 269 g/mol. The van der Waals surface area contributed by atoms with E-state index in [1.807, 2.05) is 0 Å². The Morgan fingerprint density at radius 1 is 1.33 bits per heavy atom. The molecule has 1 unspecified atom stereocenters. The van der Waals surface area contributed by atoms with Gasteiger partial charge in [0.1, 0.15) is 5.82 Å². The lowest BCUT2D eigenvalue weighted by Crippen LogP contribution is -2.44. The molecule has 0 spiro atoms. The van der Waals surface area contributed by atoms with Crippen molar-refractivity contribution in [2.24, 2.45) is 0 Å². The van der Waals surface area contributed by atoms with Gasteiger partial charge in [0.2, 0.25) is 5.28 Å². The largest absolute Gasteiger partial charge is 0.377 e. The van der Waals surface area contributed by atoms with Gasteiger partial charge in [-0.2, -0.15) is 0 Å². The standard InChI is InChI=1S/C12H17ClN4O/c1-8-7-18-4-3-17(8)11-9-5-16(2)6-10(9)14-12(13)15-11/h8H,3-7H2,1-2H3. The molecule has 0 bridgehead atoms. The number of hydrogen-bond donors (Lipinski definition) is 0. The maximum Gasteiger partial charge on any atom is 0.224 e. The van der Waals surface area contributed by atoms with Gasteiger partial charge in [-0.25, -0.2) is 9.97 Å². The molecule has 3 rings (SSSR count). The number of rotatable bonds is 1. The van der Waals surface area contributed by atoms with E-state index in [0.29, 0.717) is 11.3 Å². The average Bonchev–Trinajstić information content (AvgIpc) is 2.69. The van der Waals surface area contributed by atoms with Gasteiger partial charge in [0, 0.05) is 25.2 Å². The molecule has 0 aliphatic carbocycles. The summed E-state index contributed by atoms with van der Waals surface area (Å²) < 4.78 is 5.48. The van der Waals surface area contributed by atoms with Crippen molar-refractivity contribution >= 4 is 17.4 Å². The van der Waals surface area contributed by atoms with Crippen LogP contribution < -0.4 is 4.90 Å². The van der Waals surface area contributed by atoms with Gasteiger partial charge in [0.25, 0.3) is 0 Å². The lowest BCUT2D eigenvalue weighted by atomic mass is 10.2. The Hall–Kier alpha value is -0.910. The predicted octanol–water partition coefficient (Wildman–Crippen LogP) is 1.30. The molecule has 2 aliphatic rings. The van der Waals surface area contributed by atoms with Crippen LogP contribution in [-0.2, 0) is 17.8 Å². The van der Waals surface area contributed by atoms with E-state index in [1.165, 1.54) is 5.56 Å². The highest BCUT2D eigenvalue weighted by Crippen LogP contribution is 2.31. The van der Waals surface area contributed by atoms with Crippen molar-refractivity contribution in [1.82, 2.24) is 14.9 Å². The molecule has 0 aromatic carbocycles. The summed E-state index contributed by atoms with van der Waals surface area (Å²) in [5.74, 6) is 0.991. The zero-order chi connectivity index (χ0) is 12.7. The first-order valence-electron chi connectivity index (χ1n) is 6.23. The molecule has 18 heavy (non-hydrogen) atoms. The minimum Gasteiger partial charge on any atom is -0.377 e. The molecule has 5 nitrogen and oxygen atoms in total. The Balaban J connectivity index is 2.01. The number of morpholine rings is 1.